The summed E-state index contributed by atoms with van der Waals surface area (Å²) in [5, 5.41) is 0. The van der Waals surface area contributed by atoms with Gasteiger partial charge in [0.2, 0.25) is 5.88 Å². The van der Waals surface area contributed by atoms with Gasteiger partial charge in [-0.3, -0.25) is 4.98 Å². The summed E-state index contributed by atoms with van der Waals surface area (Å²) in [6.07, 6.45) is 5.96. The Balaban J connectivity index is 1.88. The van der Waals surface area contributed by atoms with Gasteiger partial charge in [-0.15, -0.1) is 0 Å². The number of rotatable bonds is 3. The molecule has 1 aromatic carbocycles. The molecule has 0 radical (unpaired) electrons. The number of anilines is 1. The van der Waals surface area contributed by atoms with Gasteiger partial charge < -0.3 is 10.5 Å². The molecule has 17 heavy (non-hydrogen) atoms. The first kappa shape index (κ1) is 10.1. The summed E-state index contributed by atoms with van der Waals surface area (Å²) in [6.45, 7) is 0. The van der Waals surface area contributed by atoms with Crippen LogP contribution in [0.2, 0.25) is 0 Å². The third-order valence-electron chi connectivity index (χ3n) is 2.63. The fourth-order valence-corrected chi connectivity index (χ4v) is 1.55. The summed E-state index contributed by atoms with van der Waals surface area (Å²) in [4.78, 5) is 8.57. The Labute approximate surface area is 99.5 Å². The molecular weight excluding hydrogens is 214 g/mol. The fourth-order valence-electron chi connectivity index (χ4n) is 1.55. The first-order valence-corrected chi connectivity index (χ1v) is 5.66. The third-order valence-corrected chi connectivity index (χ3v) is 2.63. The highest BCUT2D eigenvalue weighted by molar-refractivity contribution is 5.61. The van der Waals surface area contributed by atoms with E-state index in [4.69, 9.17) is 10.5 Å². The Bertz CT molecular complexity index is 520. The first-order chi connectivity index (χ1) is 8.31. The van der Waals surface area contributed by atoms with Crippen molar-refractivity contribution in [1.82, 2.24) is 9.97 Å². The molecule has 4 nitrogen and oxygen atoms in total. The van der Waals surface area contributed by atoms with E-state index >= 15 is 0 Å². The number of hydrogen-bond acceptors (Lipinski definition) is 4. The number of nitrogens with two attached hydrogens (primary N) is 1. The zero-order chi connectivity index (χ0) is 11.7. The van der Waals surface area contributed by atoms with E-state index in [9.17, 15) is 0 Å². The zero-order valence-electron chi connectivity index (χ0n) is 9.34. The van der Waals surface area contributed by atoms with Gasteiger partial charge in [-0.2, -0.15) is 0 Å². The molecular formula is C13H13N3O. The molecule has 2 aromatic rings. The highest BCUT2D eigenvalue weighted by atomic mass is 16.5. The van der Waals surface area contributed by atoms with Crippen LogP contribution in [0.1, 0.15) is 12.8 Å². The molecule has 2 N–H and O–H groups in total. The average molecular weight is 227 g/mol. The van der Waals surface area contributed by atoms with Crippen LogP contribution < -0.4 is 10.5 Å². The van der Waals surface area contributed by atoms with E-state index in [1.807, 2.05) is 24.3 Å². The van der Waals surface area contributed by atoms with Crippen LogP contribution in [0.4, 0.5) is 5.69 Å². The molecule has 0 amide bonds. The molecule has 4 heteroatoms. The molecule has 1 aliphatic carbocycles. The maximum Gasteiger partial charge on any atom is 0.233 e. The smallest absolute Gasteiger partial charge is 0.233 e. The molecule has 0 aliphatic heterocycles. The van der Waals surface area contributed by atoms with Gasteiger partial charge in [0.05, 0.1) is 18.1 Å². The van der Waals surface area contributed by atoms with Crippen molar-refractivity contribution >= 4 is 5.69 Å². The Morgan fingerprint density at radius 3 is 2.59 bits per heavy atom. The van der Waals surface area contributed by atoms with Crippen molar-refractivity contribution in [2.45, 2.75) is 18.9 Å². The quantitative estimate of drug-likeness (QED) is 0.817. The number of aromatic nitrogens is 2. The van der Waals surface area contributed by atoms with E-state index in [2.05, 4.69) is 9.97 Å². The van der Waals surface area contributed by atoms with Crippen LogP contribution in [0.5, 0.6) is 5.88 Å². The van der Waals surface area contributed by atoms with E-state index in [1.165, 1.54) is 0 Å². The molecule has 0 bridgehead atoms. The summed E-state index contributed by atoms with van der Waals surface area (Å²) in [5.41, 5.74) is 8.19. The molecule has 1 aromatic heterocycles. The zero-order valence-corrected chi connectivity index (χ0v) is 9.34. The monoisotopic (exact) mass is 227 g/mol. The summed E-state index contributed by atoms with van der Waals surface area (Å²) in [7, 11) is 0. The standard InChI is InChI=1S/C13H13N3O/c14-10-3-1-9(2-4-10)12-7-15-8-13(16-12)17-11-5-6-11/h1-4,7-8,11H,5-6,14H2. The van der Waals surface area contributed by atoms with Gasteiger partial charge in [-0.25, -0.2) is 4.98 Å². The lowest BCUT2D eigenvalue weighted by molar-refractivity contribution is 0.290. The molecule has 0 spiro atoms. The average Bonchev–Trinajstić information content (AvgIpc) is 3.14. The molecule has 1 fully saturated rings. The van der Waals surface area contributed by atoms with E-state index < -0.39 is 0 Å². The number of ether oxygens (including phenoxy) is 1. The molecule has 0 unspecified atom stereocenters. The van der Waals surface area contributed by atoms with Gasteiger partial charge in [0, 0.05) is 11.3 Å². The van der Waals surface area contributed by atoms with Crippen LogP contribution in [0.3, 0.4) is 0 Å². The second kappa shape index (κ2) is 4.05. The van der Waals surface area contributed by atoms with Gasteiger partial charge in [-0.1, -0.05) is 12.1 Å². The van der Waals surface area contributed by atoms with Crippen molar-refractivity contribution < 1.29 is 4.74 Å². The van der Waals surface area contributed by atoms with Gasteiger partial charge in [-0.05, 0) is 25.0 Å². The SMILES string of the molecule is Nc1ccc(-c2cncc(OC3CC3)n2)cc1. The minimum atomic E-state index is 0.339. The lowest BCUT2D eigenvalue weighted by Crippen LogP contribution is -1.99. The second-order valence-corrected chi connectivity index (χ2v) is 4.18. The maximum atomic E-state index is 5.65. The van der Waals surface area contributed by atoms with E-state index in [-0.39, 0.29) is 0 Å². The molecule has 1 aliphatic rings. The van der Waals surface area contributed by atoms with E-state index in [0.717, 1.165) is 29.8 Å². The Hall–Kier alpha value is -2.10. The van der Waals surface area contributed by atoms with Crippen LogP contribution in [0.25, 0.3) is 11.3 Å². The number of nitrogen functional groups attached to an aromatic ring is 1. The predicted octanol–water partition coefficient (Wildman–Crippen LogP) is 2.27. The summed E-state index contributed by atoms with van der Waals surface area (Å²) in [6, 6.07) is 7.57. The normalized spacial score (nSPS) is 14.6. The predicted molar refractivity (Wildman–Crippen MR) is 65.5 cm³/mol. The van der Waals surface area contributed by atoms with Crippen molar-refractivity contribution in [3.63, 3.8) is 0 Å². The number of hydrogen-bond donors (Lipinski definition) is 1. The number of benzene rings is 1. The molecule has 1 saturated carbocycles. The van der Waals surface area contributed by atoms with Gasteiger partial charge in [0.25, 0.3) is 0 Å². The highest BCUT2D eigenvalue weighted by Gasteiger charge is 2.24. The topological polar surface area (TPSA) is 61.0 Å². The largest absolute Gasteiger partial charge is 0.473 e. The van der Waals surface area contributed by atoms with Gasteiger partial charge >= 0.3 is 0 Å². The van der Waals surface area contributed by atoms with Gasteiger partial charge in [0.15, 0.2) is 0 Å². The van der Waals surface area contributed by atoms with Gasteiger partial charge in [0.1, 0.15) is 6.10 Å². The van der Waals surface area contributed by atoms with Crippen molar-refractivity contribution in [2.24, 2.45) is 0 Å². The van der Waals surface area contributed by atoms with Crippen molar-refractivity contribution in [2.75, 3.05) is 5.73 Å². The van der Waals surface area contributed by atoms with Crippen LogP contribution in [-0.4, -0.2) is 16.1 Å². The van der Waals surface area contributed by atoms with Crippen LogP contribution in [0.15, 0.2) is 36.7 Å². The number of nitrogens with zero attached hydrogens (tertiary/aromatic N) is 2. The van der Waals surface area contributed by atoms with Crippen molar-refractivity contribution in [3.8, 4) is 17.1 Å². The molecule has 0 atom stereocenters. The van der Waals surface area contributed by atoms with E-state index in [0.29, 0.717) is 12.0 Å². The Morgan fingerprint density at radius 1 is 1.12 bits per heavy atom. The molecule has 0 saturated heterocycles. The van der Waals surface area contributed by atoms with Crippen molar-refractivity contribution in [1.29, 1.82) is 0 Å². The third kappa shape index (κ3) is 2.36. The molecule has 86 valence electrons. The van der Waals surface area contributed by atoms with Crippen LogP contribution >= 0.6 is 0 Å². The lowest BCUT2D eigenvalue weighted by Gasteiger charge is -2.05. The minimum absolute atomic E-state index is 0.339. The molecule has 3 rings (SSSR count). The molecule has 1 heterocycles. The minimum Gasteiger partial charge on any atom is -0.473 e. The summed E-state index contributed by atoms with van der Waals surface area (Å²) >= 11 is 0. The highest BCUT2D eigenvalue weighted by Crippen LogP contribution is 2.26. The van der Waals surface area contributed by atoms with Crippen molar-refractivity contribution in [3.05, 3.63) is 36.7 Å². The Morgan fingerprint density at radius 2 is 1.88 bits per heavy atom. The Kier molecular flexibility index (Phi) is 2.40. The second-order valence-electron chi connectivity index (χ2n) is 4.18. The summed E-state index contributed by atoms with van der Waals surface area (Å²) < 4.78 is 5.61. The van der Waals surface area contributed by atoms with E-state index in [1.54, 1.807) is 12.4 Å². The lowest BCUT2D eigenvalue weighted by atomic mass is 10.1. The van der Waals surface area contributed by atoms with Crippen LogP contribution in [-0.2, 0) is 0 Å². The van der Waals surface area contributed by atoms with Crippen LogP contribution in [0, 0.1) is 0 Å². The fraction of sp³-hybridized carbons (Fsp3) is 0.231. The maximum absolute atomic E-state index is 5.65. The summed E-state index contributed by atoms with van der Waals surface area (Å²) in [5.74, 6) is 0.599. The first-order valence-electron chi connectivity index (χ1n) is 5.66.